The molecule has 1 amide bonds. The first-order valence-electron chi connectivity index (χ1n) is 14.5. The molecule has 5 rings (SSSR count). The van der Waals surface area contributed by atoms with Crippen LogP contribution in [0.1, 0.15) is 19.6 Å². The summed E-state index contributed by atoms with van der Waals surface area (Å²) in [4.78, 5) is 15.3. The predicted octanol–water partition coefficient (Wildman–Crippen LogP) is 2.13. The van der Waals surface area contributed by atoms with Crippen molar-refractivity contribution in [3.05, 3.63) is 59.9 Å². The van der Waals surface area contributed by atoms with E-state index in [0.717, 1.165) is 61.4 Å². The summed E-state index contributed by atoms with van der Waals surface area (Å²) in [5, 5.41) is 48.0. The number of ether oxygens (including phenoxy) is 2. The van der Waals surface area contributed by atoms with Crippen LogP contribution in [0.2, 0.25) is 0 Å². The maximum absolute atomic E-state index is 12.9. The standard InChI is InChI=1S/C32H38N4O7/c1-19(25(17-33)32(40)35-18-28-30(38)31(39)29(37)20(2)42-28)26-7-8-27(43-26)23-4-3-22-16-24(6-5-21(22)15-23)34-9-10-36-11-13-41-14-12-36/h3-8,15-16,20,28-31,34,37-39H,9-14,18H2,1-2H3,(H,35,40)/b25-19+/t20?,28-,29+,30-,31-/m1/s1. The van der Waals surface area contributed by atoms with Crippen molar-refractivity contribution in [3.63, 3.8) is 0 Å². The topological polar surface area (TPSA) is 160 Å². The van der Waals surface area contributed by atoms with Crippen molar-refractivity contribution in [3.8, 4) is 17.4 Å². The van der Waals surface area contributed by atoms with Gasteiger partial charge in [0.1, 0.15) is 47.6 Å². The minimum Gasteiger partial charge on any atom is -0.456 e. The molecule has 2 fully saturated rings. The van der Waals surface area contributed by atoms with E-state index in [2.05, 4.69) is 33.7 Å². The number of nitrogens with one attached hydrogen (secondary N) is 2. The lowest BCUT2D eigenvalue weighted by molar-refractivity contribution is -0.215. The molecule has 0 radical (unpaired) electrons. The van der Waals surface area contributed by atoms with Crippen LogP contribution in [0.25, 0.3) is 27.7 Å². The second-order valence-electron chi connectivity index (χ2n) is 11.0. The van der Waals surface area contributed by atoms with Crippen molar-refractivity contribution in [2.75, 3.05) is 51.3 Å². The molecule has 1 aromatic heterocycles. The number of carbonyl (C=O) groups excluding carboxylic acids is 1. The summed E-state index contributed by atoms with van der Waals surface area (Å²) in [7, 11) is 0. The minimum absolute atomic E-state index is 0.146. The summed E-state index contributed by atoms with van der Waals surface area (Å²) in [6, 6.07) is 17.7. The van der Waals surface area contributed by atoms with Gasteiger partial charge in [-0.05, 0) is 55.0 Å². The highest BCUT2D eigenvalue weighted by molar-refractivity contribution is 6.04. The number of nitriles is 1. The Labute approximate surface area is 250 Å². The third kappa shape index (κ3) is 7.08. The Morgan fingerprint density at radius 1 is 1.02 bits per heavy atom. The normalized spacial score (nSPS) is 25.2. The fraction of sp³-hybridized carbons (Fsp3) is 0.438. The number of amides is 1. The maximum atomic E-state index is 12.9. The van der Waals surface area contributed by atoms with Crippen LogP contribution in [0.3, 0.4) is 0 Å². The molecule has 3 aromatic rings. The number of anilines is 1. The van der Waals surface area contributed by atoms with E-state index in [0.29, 0.717) is 17.1 Å². The van der Waals surface area contributed by atoms with E-state index in [1.807, 2.05) is 24.3 Å². The summed E-state index contributed by atoms with van der Waals surface area (Å²) in [6.45, 7) is 8.38. The van der Waals surface area contributed by atoms with E-state index in [9.17, 15) is 25.4 Å². The number of hydrogen-bond acceptors (Lipinski definition) is 10. The average molecular weight is 591 g/mol. The van der Waals surface area contributed by atoms with Crippen molar-refractivity contribution in [2.45, 2.75) is 44.4 Å². The molecule has 11 nitrogen and oxygen atoms in total. The quantitative estimate of drug-likeness (QED) is 0.185. The van der Waals surface area contributed by atoms with Crippen LogP contribution in [0.15, 0.2) is 58.5 Å². The molecule has 43 heavy (non-hydrogen) atoms. The van der Waals surface area contributed by atoms with E-state index in [1.165, 1.54) is 0 Å². The van der Waals surface area contributed by atoms with Crippen LogP contribution in [-0.2, 0) is 14.3 Å². The summed E-state index contributed by atoms with van der Waals surface area (Å²) >= 11 is 0. The zero-order valence-electron chi connectivity index (χ0n) is 24.3. The van der Waals surface area contributed by atoms with Gasteiger partial charge in [-0.25, -0.2) is 0 Å². The smallest absolute Gasteiger partial charge is 0.262 e. The summed E-state index contributed by atoms with van der Waals surface area (Å²) in [5.74, 6) is 0.312. The Morgan fingerprint density at radius 3 is 2.53 bits per heavy atom. The Morgan fingerprint density at radius 2 is 1.77 bits per heavy atom. The van der Waals surface area contributed by atoms with Crippen molar-refractivity contribution in [2.24, 2.45) is 0 Å². The summed E-state index contributed by atoms with van der Waals surface area (Å²) < 4.78 is 17.0. The van der Waals surface area contributed by atoms with Crippen LogP contribution in [0.5, 0.6) is 0 Å². The van der Waals surface area contributed by atoms with Crippen LogP contribution >= 0.6 is 0 Å². The lowest BCUT2D eigenvalue weighted by Gasteiger charge is -2.39. The second kappa shape index (κ2) is 13.7. The average Bonchev–Trinajstić information content (AvgIpc) is 3.52. The number of morpholine rings is 1. The number of rotatable bonds is 9. The molecular weight excluding hydrogens is 552 g/mol. The summed E-state index contributed by atoms with van der Waals surface area (Å²) in [5.41, 5.74) is 2.13. The number of benzene rings is 2. The van der Waals surface area contributed by atoms with Crippen molar-refractivity contribution in [1.82, 2.24) is 10.2 Å². The number of allylic oxidation sites excluding steroid dienone is 1. The van der Waals surface area contributed by atoms with Gasteiger partial charge in [0.2, 0.25) is 0 Å². The van der Waals surface area contributed by atoms with E-state index in [-0.39, 0.29) is 12.1 Å². The van der Waals surface area contributed by atoms with E-state index >= 15 is 0 Å². The molecule has 2 aliphatic rings. The lowest BCUT2D eigenvalue weighted by Crippen LogP contribution is -2.59. The van der Waals surface area contributed by atoms with Crippen molar-refractivity contribution in [1.29, 1.82) is 5.26 Å². The van der Waals surface area contributed by atoms with Crippen LogP contribution in [0, 0.1) is 11.3 Å². The fourth-order valence-electron chi connectivity index (χ4n) is 5.40. The zero-order chi connectivity index (χ0) is 30.5. The number of aliphatic hydroxyl groups is 3. The number of furan rings is 1. The number of carbonyl (C=O) groups is 1. The molecule has 2 saturated heterocycles. The molecule has 11 heteroatoms. The monoisotopic (exact) mass is 590 g/mol. The molecule has 5 N–H and O–H groups in total. The highest BCUT2D eigenvalue weighted by atomic mass is 16.5. The van der Waals surface area contributed by atoms with Gasteiger partial charge in [-0.15, -0.1) is 0 Å². The van der Waals surface area contributed by atoms with E-state index in [4.69, 9.17) is 13.9 Å². The first kappa shape index (κ1) is 30.7. The number of nitrogens with zero attached hydrogens (tertiary/aromatic N) is 2. The molecule has 0 spiro atoms. The zero-order valence-corrected chi connectivity index (χ0v) is 24.3. The third-order valence-corrected chi connectivity index (χ3v) is 8.09. The first-order valence-corrected chi connectivity index (χ1v) is 14.5. The Kier molecular flexibility index (Phi) is 9.77. The lowest BCUT2D eigenvalue weighted by atomic mass is 9.95. The molecular formula is C32H38N4O7. The second-order valence-corrected chi connectivity index (χ2v) is 11.0. The van der Waals surface area contributed by atoms with Gasteiger partial charge in [-0.2, -0.15) is 5.26 Å². The Hall–Kier alpha value is -3.76. The molecule has 0 saturated carbocycles. The van der Waals surface area contributed by atoms with Gasteiger partial charge in [0, 0.05) is 49.5 Å². The van der Waals surface area contributed by atoms with Gasteiger partial charge < -0.3 is 39.8 Å². The van der Waals surface area contributed by atoms with Gasteiger partial charge in [0.25, 0.3) is 5.91 Å². The van der Waals surface area contributed by atoms with Crippen molar-refractivity contribution >= 4 is 27.9 Å². The van der Waals surface area contributed by atoms with E-state index < -0.39 is 36.4 Å². The predicted molar refractivity (Wildman–Crippen MR) is 161 cm³/mol. The molecule has 2 aliphatic heterocycles. The largest absolute Gasteiger partial charge is 0.456 e. The van der Waals surface area contributed by atoms with Gasteiger partial charge in [0.15, 0.2) is 0 Å². The van der Waals surface area contributed by atoms with Gasteiger partial charge in [-0.1, -0.05) is 18.2 Å². The highest BCUT2D eigenvalue weighted by Gasteiger charge is 2.41. The molecule has 5 atom stereocenters. The molecule has 1 unspecified atom stereocenters. The molecule has 2 aromatic carbocycles. The van der Waals surface area contributed by atoms with Gasteiger partial charge in [0.05, 0.1) is 19.3 Å². The fourth-order valence-corrected chi connectivity index (χ4v) is 5.40. The summed E-state index contributed by atoms with van der Waals surface area (Å²) in [6.07, 6.45) is -5.70. The van der Waals surface area contributed by atoms with Crippen LogP contribution in [0.4, 0.5) is 5.69 Å². The van der Waals surface area contributed by atoms with Gasteiger partial charge in [-0.3, -0.25) is 9.69 Å². The third-order valence-electron chi connectivity index (χ3n) is 8.09. The number of hydrogen-bond donors (Lipinski definition) is 5. The maximum Gasteiger partial charge on any atom is 0.262 e. The Bertz CT molecular complexity index is 1510. The number of aliphatic hydroxyl groups excluding tert-OH is 3. The molecule has 0 aliphatic carbocycles. The minimum atomic E-state index is -1.40. The highest BCUT2D eigenvalue weighted by Crippen LogP contribution is 2.30. The van der Waals surface area contributed by atoms with Crippen molar-refractivity contribution < 1.29 is 34.0 Å². The van der Waals surface area contributed by atoms with Gasteiger partial charge >= 0.3 is 0 Å². The van der Waals surface area contributed by atoms with Crippen LogP contribution in [-0.4, -0.2) is 103 Å². The SMILES string of the molecule is C/C(=C(/C#N)C(=O)NC[C@H]1OC(C)[C@H](O)[C@@H](O)[C@@H]1O)c1ccc(-c2ccc3cc(NCCN4CCOCC4)ccc3c2)o1. The van der Waals surface area contributed by atoms with Crippen LogP contribution < -0.4 is 10.6 Å². The molecule has 228 valence electrons. The van der Waals surface area contributed by atoms with E-state index in [1.54, 1.807) is 26.0 Å². The molecule has 0 bridgehead atoms. The number of fused-ring (bicyclic) bond motifs is 1. The molecule has 3 heterocycles. The Balaban J connectivity index is 1.23. The first-order chi connectivity index (χ1) is 20.7.